The van der Waals surface area contributed by atoms with E-state index in [0.717, 1.165) is 46.5 Å². The Labute approximate surface area is 237 Å². The molecule has 3 heterocycles. The fourth-order valence-electron chi connectivity index (χ4n) is 5.41. The lowest BCUT2D eigenvalue weighted by Crippen LogP contribution is -2.40. The Hall–Kier alpha value is -3.80. The summed E-state index contributed by atoms with van der Waals surface area (Å²) in [5.74, 6) is 0.455. The van der Waals surface area contributed by atoms with Crippen LogP contribution in [-0.4, -0.2) is 70.2 Å². The Balaban J connectivity index is 1.73. The molecule has 0 saturated heterocycles. The van der Waals surface area contributed by atoms with Gasteiger partial charge in [-0.3, -0.25) is 14.8 Å². The van der Waals surface area contributed by atoms with E-state index in [2.05, 4.69) is 33.1 Å². The van der Waals surface area contributed by atoms with Crippen LogP contribution in [-0.2, 0) is 12.8 Å². The van der Waals surface area contributed by atoms with E-state index < -0.39 is 6.10 Å². The van der Waals surface area contributed by atoms with E-state index in [4.69, 9.17) is 4.74 Å². The number of carbonyl (C=O) groups excluding carboxylic acids is 1. The third-order valence-corrected chi connectivity index (χ3v) is 7.48. The van der Waals surface area contributed by atoms with Crippen molar-refractivity contribution >= 4 is 5.91 Å². The number of nitrogens with zero attached hydrogens (tertiary/aromatic N) is 5. The Kier molecular flexibility index (Phi) is 9.18. The highest BCUT2D eigenvalue weighted by Gasteiger charge is 2.32. The molecule has 8 nitrogen and oxygen atoms in total. The molecule has 3 aromatic rings. The third-order valence-electron chi connectivity index (χ3n) is 7.48. The molecule has 1 aliphatic heterocycles. The van der Waals surface area contributed by atoms with Crippen molar-refractivity contribution in [3.63, 3.8) is 0 Å². The highest BCUT2D eigenvalue weighted by Crippen LogP contribution is 2.36. The minimum absolute atomic E-state index is 0.0310. The van der Waals surface area contributed by atoms with E-state index in [1.54, 1.807) is 13.0 Å². The van der Waals surface area contributed by atoms with Gasteiger partial charge in [-0.1, -0.05) is 6.07 Å². The number of hydrogen-bond acceptors (Lipinski definition) is 7. The summed E-state index contributed by atoms with van der Waals surface area (Å²) in [6.45, 7) is 12.0. The van der Waals surface area contributed by atoms with Crippen LogP contribution < -0.4 is 4.74 Å². The number of rotatable bonds is 10. The first-order chi connectivity index (χ1) is 19.1. The van der Waals surface area contributed by atoms with Crippen LogP contribution in [0.25, 0.3) is 11.1 Å². The zero-order chi connectivity index (χ0) is 29.0. The number of aliphatic hydroxyl groups excluding tert-OH is 1. The summed E-state index contributed by atoms with van der Waals surface area (Å²) in [5, 5.41) is 19.2. The number of amides is 1. The van der Waals surface area contributed by atoms with E-state index in [9.17, 15) is 15.2 Å². The Morgan fingerprint density at radius 3 is 2.58 bits per heavy atom. The molecule has 1 aromatic carbocycles. The topological polar surface area (TPSA) is 103 Å². The van der Waals surface area contributed by atoms with Gasteiger partial charge in [0.25, 0.3) is 5.91 Å². The summed E-state index contributed by atoms with van der Waals surface area (Å²) in [5.41, 5.74) is 8.03. The van der Waals surface area contributed by atoms with Crippen LogP contribution >= 0.6 is 0 Å². The lowest BCUT2D eigenvalue weighted by Gasteiger charge is -2.35. The maximum Gasteiger partial charge on any atom is 0.254 e. The van der Waals surface area contributed by atoms with Crippen LogP contribution in [0.15, 0.2) is 36.7 Å². The molecule has 2 atom stereocenters. The summed E-state index contributed by atoms with van der Waals surface area (Å²) in [6, 6.07) is 10.0. The maximum absolute atomic E-state index is 14.1. The molecule has 210 valence electrons. The predicted octanol–water partition coefficient (Wildman–Crippen LogP) is 4.65. The Bertz CT molecular complexity index is 1430. The number of pyridine rings is 2. The van der Waals surface area contributed by atoms with Gasteiger partial charge in [-0.05, 0) is 88.9 Å². The summed E-state index contributed by atoms with van der Waals surface area (Å²) in [7, 11) is 2.00. The van der Waals surface area contributed by atoms with Crippen LogP contribution in [0, 0.1) is 25.2 Å². The van der Waals surface area contributed by atoms with Crippen LogP contribution in [0.5, 0.6) is 5.75 Å². The number of likely N-dealkylation sites (N-methyl/N-ethyl adjacent to an activating group) is 1. The van der Waals surface area contributed by atoms with Crippen molar-refractivity contribution in [3.05, 3.63) is 75.9 Å². The van der Waals surface area contributed by atoms with Gasteiger partial charge in [-0.25, -0.2) is 0 Å². The van der Waals surface area contributed by atoms with Crippen molar-refractivity contribution in [1.29, 1.82) is 5.26 Å². The molecule has 8 heteroatoms. The molecule has 0 radical (unpaired) electrons. The van der Waals surface area contributed by atoms with Gasteiger partial charge in [0.15, 0.2) is 0 Å². The summed E-state index contributed by atoms with van der Waals surface area (Å²) in [6.07, 6.45) is 4.45. The van der Waals surface area contributed by atoms with E-state index in [1.165, 1.54) is 6.20 Å². The molecule has 0 spiro atoms. The molecular weight excluding hydrogens is 502 g/mol. The SMILES string of the molecule is CCOc1cc([C@H](C)N2CCc3c(cc(CCN(C)CC(C)O)cc3-c3cc(C)cnc3C)C2=O)ncc1C#N. The molecule has 1 unspecified atom stereocenters. The van der Waals surface area contributed by atoms with E-state index in [-0.39, 0.29) is 11.9 Å². The summed E-state index contributed by atoms with van der Waals surface area (Å²) < 4.78 is 5.67. The number of hydrogen-bond donors (Lipinski definition) is 1. The van der Waals surface area contributed by atoms with Crippen molar-refractivity contribution < 1.29 is 14.6 Å². The fraction of sp³-hybridized carbons (Fsp3) is 0.438. The molecular formula is C32H39N5O3. The molecule has 0 aliphatic carbocycles. The largest absolute Gasteiger partial charge is 0.492 e. The zero-order valence-corrected chi connectivity index (χ0v) is 24.4. The van der Waals surface area contributed by atoms with Crippen molar-refractivity contribution in [2.24, 2.45) is 0 Å². The molecule has 2 aromatic heterocycles. The fourth-order valence-corrected chi connectivity index (χ4v) is 5.41. The molecule has 1 amide bonds. The number of aryl methyl sites for hydroxylation is 2. The number of aliphatic hydroxyl groups is 1. The van der Waals surface area contributed by atoms with Gasteiger partial charge in [-0.15, -0.1) is 0 Å². The maximum atomic E-state index is 14.1. The van der Waals surface area contributed by atoms with Gasteiger partial charge < -0.3 is 19.6 Å². The van der Waals surface area contributed by atoms with Gasteiger partial charge in [0.05, 0.1) is 24.4 Å². The lowest BCUT2D eigenvalue weighted by molar-refractivity contribution is 0.0669. The van der Waals surface area contributed by atoms with Gasteiger partial charge >= 0.3 is 0 Å². The second-order valence-electron chi connectivity index (χ2n) is 10.8. The van der Waals surface area contributed by atoms with Crippen LogP contribution in [0.4, 0.5) is 0 Å². The van der Waals surface area contributed by atoms with Crippen LogP contribution in [0.3, 0.4) is 0 Å². The highest BCUT2D eigenvalue weighted by atomic mass is 16.5. The smallest absolute Gasteiger partial charge is 0.254 e. The van der Waals surface area contributed by atoms with Crippen molar-refractivity contribution in [2.75, 3.05) is 33.3 Å². The Morgan fingerprint density at radius 1 is 1.12 bits per heavy atom. The molecule has 0 saturated carbocycles. The number of benzene rings is 1. The minimum atomic E-state index is -0.402. The summed E-state index contributed by atoms with van der Waals surface area (Å²) >= 11 is 0. The monoisotopic (exact) mass is 541 g/mol. The van der Waals surface area contributed by atoms with Crippen molar-refractivity contribution in [3.8, 4) is 22.9 Å². The number of carbonyl (C=O) groups is 1. The second-order valence-corrected chi connectivity index (χ2v) is 10.8. The molecule has 0 bridgehead atoms. The van der Waals surface area contributed by atoms with Crippen molar-refractivity contribution in [2.45, 2.75) is 59.6 Å². The standard InChI is InChI=1S/C32H39N5O3/c1-7-40-31-15-30(35-18-25(31)16-33)23(5)37-11-9-26-28(27-12-20(2)17-34-22(27)4)13-24(14-29(26)32(37)39)8-10-36(6)19-21(3)38/h12-15,17-18,21,23,38H,7-11,19H2,1-6H3/t21?,23-/m0/s1. The zero-order valence-electron chi connectivity index (χ0n) is 24.4. The first-order valence-corrected chi connectivity index (χ1v) is 13.9. The van der Waals surface area contributed by atoms with Crippen LogP contribution in [0.2, 0.25) is 0 Å². The van der Waals surface area contributed by atoms with E-state index >= 15 is 0 Å². The molecule has 0 fully saturated rings. The summed E-state index contributed by atoms with van der Waals surface area (Å²) in [4.78, 5) is 27.2. The number of ether oxygens (including phenoxy) is 1. The minimum Gasteiger partial charge on any atom is -0.492 e. The average molecular weight is 542 g/mol. The van der Waals surface area contributed by atoms with E-state index in [0.29, 0.717) is 48.7 Å². The van der Waals surface area contributed by atoms with Crippen molar-refractivity contribution in [1.82, 2.24) is 19.8 Å². The average Bonchev–Trinajstić information content (AvgIpc) is 2.92. The number of fused-ring (bicyclic) bond motifs is 1. The lowest BCUT2D eigenvalue weighted by atomic mass is 9.86. The molecule has 4 rings (SSSR count). The third kappa shape index (κ3) is 6.33. The number of nitriles is 1. The first-order valence-electron chi connectivity index (χ1n) is 13.9. The van der Waals surface area contributed by atoms with Gasteiger partial charge in [-0.2, -0.15) is 5.26 Å². The molecule has 1 aliphatic rings. The van der Waals surface area contributed by atoms with Gasteiger partial charge in [0.2, 0.25) is 0 Å². The first kappa shape index (κ1) is 29.2. The van der Waals surface area contributed by atoms with Gasteiger partial charge in [0.1, 0.15) is 17.4 Å². The Morgan fingerprint density at radius 2 is 1.88 bits per heavy atom. The molecule has 1 N–H and O–H groups in total. The van der Waals surface area contributed by atoms with Gasteiger partial charge in [0, 0.05) is 54.9 Å². The quantitative estimate of drug-likeness (QED) is 0.399. The van der Waals surface area contributed by atoms with E-state index in [1.807, 2.05) is 51.9 Å². The normalized spacial score (nSPS) is 14.6. The number of aromatic nitrogens is 2. The highest BCUT2D eigenvalue weighted by molar-refractivity contribution is 5.99. The van der Waals surface area contributed by atoms with Crippen LogP contribution in [0.1, 0.15) is 70.8 Å². The predicted molar refractivity (Wildman–Crippen MR) is 155 cm³/mol. The molecule has 40 heavy (non-hydrogen) atoms. The second kappa shape index (κ2) is 12.6.